The van der Waals surface area contributed by atoms with Crippen molar-refractivity contribution in [3.8, 4) is 0 Å². The Kier molecular flexibility index (Phi) is 3.39. The lowest BCUT2D eigenvalue weighted by molar-refractivity contribution is 0.0942. The first-order valence-corrected chi connectivity index (χ1v) is 6.33. The number of rotatable bonds is 3. The van der Waals surface area contributed by atoms with Crippen molar-refractivity contribution in [2.75, 3.05) is 19.6 Å². The van der Waals surface area contributed by atoms with E-state index in [4.69, 9.17) is 11.6 Å². The van der Waals surface area contributed by atoms with Crippen molar-refractivity contribution in [3.63, 3.8) is 0 Å². The quantitative estimate of drug-likeness (QED) is 0.797. The maximum atomic E-state index is 5.59. The average Bonchev–Trinajstić information content (AvgIpc) is 3.03. The van der Waals surface area contributed by atoms with Gasteiger partial charge in [0.15, 0.2) is 0 Å². The van der Waals surface area contributed by atoms with Gasteiger partial charge >= 0.3 is 0 Å². The minimum atomic E-state index is 0.340. The molecule has 1 saturated heterocycles. The van der Waals surface area contributed by atoms with Crippen molar-refractivity contribution in [1.29, 1.82) is 0 Å². The van der Waals surface area contributed by atoms with Crippen LogP contribution in [0.25, 0.3) is 0 Å². The van der Waals surface area contributed by atoms with Gasteiger partial charge in [-0.15, -0.1) is 0 Å². The molecule has 2 rings (SSSR count). The van der Waals surface area contributed by atoms with Gasteiger partial charge in [-0.05, 0) is 32.6 Å². The Morgan fingerprint density at radius 1 is 1.53 bits per heavy atom. The minimum Gasteiger partial charge on any atom is -0.308 e. The van der Waals surface area contributed by atoms with Crippen LogP contribution in [0.1, 0.15) is 26.7 Å². The summed E-state index contributed by atoms with van der Waals surface area (Å²) in [5, 5.41) is 3.71. The van der Waals surface area contributed by atoms with E-state index in [1.807, 2.05) is 6.08 Å². The summed E-state index contributed by atoms with van der Waals surface area (Å²) in [5.74, 6) is 0.896. The third-order valence-corrected chi connectivity index (χ3v) is 4.04. The normalized spacial score (nSPS) is 38.7. The van der Waals surface area contributed by atoms with Crippen molar-refractivity contribution >= 4 is 11.6 Å². The van der Waals surface area contributed by atoms with Crippen molar-refractivity contribution in [1.82, 2.24) is 10.2 Å². The fourth-order valence-corrected chi connectivity index (χ4v) is 2.64. The molecule has 2 unspecified atom stereocenters. The lowest BCUT2D eigenvalue weighted by Crippen LogP contribution is -2.63. The van der Waals surface area contributed by atoms with Gasteiger partial charge in [-0.1, -0.05) is 17.7 Å². The van der Waals surface area contributed by atoms with Gasteiger partial charge in [-0.25, -0.2) is 0 Å². The molecule has 2 atom stereocenters. The number of halogens is 1. The molecule has 15 heavy (non-hydrogen) atoms. The summed E-state index contributed by atoms with van der Waals surface area (Å²) < 4.78 is 0. The van der Waals surface area contributed by atoms with Crippen LogP contribution in [0.5, 0.6) is 0 Å². The fraction of sp³-hybridized carbons (Fsp3) is 0.833. The highest BCUT2D eigenvalue weighted by molar-refractivity contribution is 6.25. The molecular weight excluding hydrogens is 208 g/mol. The van der Waals surface area contributed by atoms with Crippen LogP contribution in [0.4, 0.5) is 0 Å². The van der Waals surface area contributed by atoms with Crippen molar-refractivity contribution in [2.45, 2.75) is 38.3 Å². The van der Waals surface area contributed by atoms with Crippen LogP contribution < -0.4 is 5.32 Å². The monoisotopic (exact) mass is 228 g/mol. The van der Waals surface area contributed by atoms with Gasteiger partial charge in [0.1, 0.15) is 0 Å². The second-order valence-electron chi connectivity index (χ2n) is 5.21. The predicted octanol–water partition coefficient (Wildman–Crippen LogP) is 2.20. The zero-order valence-electron chi connectivity index (χ0n) is 9.67. The maximum absolute atomic E-state index is 5.59. The van der Waals surface area contributed by atoms with Crippen molar-refractivity contribution in [2.24, 2.45) is 5.92 Å². The van der Waals surface area contributed by atoms with E-state index in [9.17, 15) is 0 Å². The third-order valence-electron chi connectivity index (χ3n) is 3.86. The Bertz CT molecular complexity index is 250. The summed E-state index contributed by atoms with van der Waals surface area (Å²) in [6.45, 7) is 7.88. The van der Waals surface area contributed by atoms with Gasteiger partial charge in [0.25, 0.3) is 0 Å². The molecule has 86 valence electrons. The highest BCUT2D eigenvalue weighted by Crippen LogP contribution is 2.41. The van der Waals surface area contributed by atoms with E-state index in [0.29, 0.717) is 11.6 Å². The van der Waals surface area contributed by atoms with Crippen LogP contribution in [0, 0.1) is 5.92 Å². The van der Waals surface area contributed by atoms with Crippen LogP contribution in [0.15, 0.2) is 11.6 Å². The van der Waals surface area contributed by atoms with E-state index in [2.05, 4.69) is 24.1 Å². The summed E-state index contributed by atoms with van der Waals surface area (Å²) in [6.07, 6.45) is 4.84. The van der Waals surface area contributed by atoms with Gasteiger partial charge in [-0.3, -0.25) is 4.90 Å². The molecule has 1 heterocycles. The van der Waals surface area contributed by atoms with E-state index >= 15 is 0 Å². The molecule has 1 aliphatic heterocycles. The largest absolute Gasteiger partial charge is 0.308 e. The SMILES string of the molecule is CC1CNC(C)(C2CC2)CN1C/C=C/Cl. The van der Waals surface area contributed by atoms with Crippen LogP contribution in [0.3, 0.4) is 0 Å². The Balaban J connectivity index is 1.96. The zero-order valence-corrected chi connectivity index (χ0v) is 10.4. The van der Waals surface area contributed by atoms with E-state index in [1.54, 1.807) is 5.54 Å². The Labute approximate surface area is 97.7 Å². The summed E-state index contributed by atoms with van der Waals surface area (Å²) in [5.41, 5.74) is 1.97. The second kappa shape index (κ2) is 4.44. The van der Waals surface area contributed by atoms with Crippen molar-refractivity contribution < 1.29 is 0 Å². The Morgan fingerprint density at radius 3 is 2.87 bits per heavy atom. The van der Waals surface area contributed by atoms with Crippen LogP contribution in [0.2, 0.25) is 0 Å². The molecule has 3 heteroatoms. The fourth-order valence-electron chi connectivity index (χ4n) is 2.56. The molecule has 2 nitrogen and oxygen atoms in total. The first-order chi connectivity index (χ1) is 7.15. The number of piperazine rings is 1. The lowest BCUT2D eigenvalue weighted by atomic mass is 9.91. The Morgan fingerprint density at radius 2 is 2.27 bits per heavy atom. The number of hydrogen-bond donors (Lipinski definition) is 1. The standard InChI is InChI=1S/C12H21ClN2/c1-10-8-14-12(2,11-4-5-11)9-15(10)7-3-6-13/h3,6,10-11,14H,4-5,7-9H2,1-2H3/b6-3+. The molecule has 1 N–H and O–H groups in total. The first kappa shape index (κ1) is 11.4. The Hall–Kier alpha value is -0.0500. The highest BCUT2D eigenvalue weighted by Gasteiger charge is 2.44. The van der Waals surface area contributed by atoms with E-state index in [-0.39, 0.29) is 0 Å². The average molecular weight is 229 g/mol. The lowest BCUT2D eigenvalue weighted by Gasteiger charge is -2.45. The molecule has 1 aliphatic carbocycles. The van der Waals surface area contributed by atoms with Gasteiger partial charge < -0.3 is 5.32 Å². The van der Waals surface area contributed by atoms with Gasteiger partial charge in [0.05, 0.1) is 0 Å². The minimum absolute atomic E-state index is 0.340. The molecule has 0 amide bonds. The topological polar surface area (TPSA) is 15.3 Å². The van der Waals surface area contributed by atoms with E-state index in [0.717, 1.165) is 25.6 Å². The molecule has 2 fully saturated rings. The predicted molar refractivity (Wildman–Crippen MR) is 65.2 cm³/mol. The molecule has 0 aromatic carbocycles. The van der Waals surface area contributed by atoms with Gasteiger partial charge in [-0.2, -0.15) is 0 Å². The molecule has 0 aromatic rings. The molecular formula is C12H21ClN2. The molecule has 1 saturated carbocycles. The molecule has 0 aromatic heterocycles. The third kappa shape index (κ3) is 2.55. The van der Waals surface area contributed by atoms with E-state index < -0.39 is 0 Å². The van der Waals surface area contributed by atoms with Gasteiger partial charge in [0.2, 0.25) is 0 Å². The molecule has 0 radical (unpaired) electrons. The van der Waals surface area contributed by atoms with Gasteiger partial charge in [0, 0.05) is 36.8 Å². The summed E-state index contributed by atoms with van der Waals surface area (Å²) >= 11 is 5.59. The summed E-state index contributed by atoms with van der Waals surface area (Å²) in [4.78, 5) is 2.52. The molecule has 0 spiro atoms. The zero-order chi connectivity index (χ0) is 10.9. The summed E-state index contributed by atoms with van der Waals surface area (Å²) in [7, 11) is 0. The maximum Gasteiger partial charge on any atom is 0.0309 e. The number of nitrogens with one attached hydrogen (secondary N) is 1. The second-order valence-corrected chi connectivity index (χ2v) is 5.46. The number of nitrogens with zero attached hydrogens (tertiary/aromatic N) is 1. The van der Waals surface area contributed by atoms with Crippen LogP contribution in [-0.2, 0) is 0 Å². The first-order valence-electron chi connectivity index (χ1n) is 5.90. The van der Waals surface area contributed by atoms with E-state index in [1.165, 1.54) is 12.8 Å². The van der Waals surface area contributed by atoms with Crippen LogP contribution >= 0.6 is 11.6 Å². The van der Waals surface area contributed by atoms with Crippen molar-refractivity contribution in [3.05, 3.63) is 11.6 Å². The summed E-state index contributed by atoms with van der Waals surface area (Å²) in [6, 6.07) is 0.615. The highest BCUT2D eigenvalue weighted by atomic mass is 35.5. The molecule has 0 bridgehead atoms. The molecule has 2 aliphatic rings. The smallest absolute Gasteiger partial charge is 0.0309 e. The number of hydrogen-bond acceptors (Lipinski definition) is 2. The van der Waals surface area contributed by atoms with Crippen LogP contribution in [-0.4, -0.2) is 36.1 Å².